The molecular weight excluding hydrogens is 420 g/mol. The van der Waals surface area contributed by atoms with E-state index in [1.54, 1.807) is 49.7 Å². The van der Waals surface area contributed by atoms with Gasteiger partial charge in [0.15, 0.2) is 0 Å². The fraction of sp³-hybridized carbons (Fsp3) is 0.480. The molecule has 1 aliphatic heterocycles. The quantitative estimate of drug-likeness (QED) is 0.765. The summed E-state index contributed by atoms with van der Waals surface area (Å²) in [5.74, 6) is 0.322. The molecule has 3 rings (SSSR count). The highest BCUT2D eigenvalue weighted by Gasteiger charge is 2.28. The molecule has 0 saturated carbocycles. The molecule has 2 amide bonds. The van der Waals surface area contributed by atoms with Crippen LogP contribution < -0.4 is 10.1 Å². The Hall–Kier alpha value is -2.97. The molecule has 178 valence electrons. The smallest absolute Gasteiger partial charge is 0.257 e. The first-order valence-electron chi connectivity index (χ1n) is 11.2. The third-order valence-electron chi connectivity index (χ3n) is 6.03. The van der Waals surface area contributed by atoms with E-state index in [4.69, 9.17) is 9.47 Å². The zero-order chi connectivity index (χ0) is 24.0. The minimum Gasteiger partial charge on any atom is -0.491 e. The van der Waals surface area contributed by atoms with E-state index in [1.807, 2.05) is 12.1 Å². The number of nitrogens with zero attached hydrogens (tertiary/aromatic N) is 3. The minimum atomic E-state index is -0.180. The van der Waals surface area contributed by atoms with Crippen LogP contribution in [-0.4, -0.2) is 72.6 Å². The van der Waals surface area contributed by atoms with Gasteiger partial charge in [-0.15, -0.1) is 0 Å². The average Bonchev–Trinajstić information content (AvgIpc) is 2.79. The summed E-state index contributed by atoms with van der Waals surface area (Å²) < 4.78 is 12.0. The first-order valence-corrected chi connectivity index (χ1v) is 11.2. The molecule has 8 heteroatoms. The number of ether oxygens (including phenoxy) is 2. The number of nitrogens with one attached hydrogen (secondary N) is 1. The molecular formula is C25H34N4O4. The van der Waals surface area contributed by atoms with Crippen molar-refractivity contribution in [2.45, 2.75) is 39.5 Å². The summed E-state index contributed by atoms with van der Waals surface area (Å²) in [6.07, 6.45) is 3.48. The third kappa shape index (κ3) is 6.52. The van der Waals surface area contributed by atoms with Gasteiger partial charge in [0.1, 0.15) is 12.4 Å². The Morgan fingerprint density at radius 2 is 1.94 bits per heavy atom. The number of hydrogen-bond donors (Lipinski definition) is 1. The SMILES string of the molecule is CO[C@@H]1CN(C)C(=O)c2ccc(NC(C)=O)cc2OC[C@@H](C)N(Cc2ccncc2)C[C@@H]1C. The number of aromatic nitrogens is 1. The van der Waals surface area contributed by atoms with Crippen LogP contribution in [0.15, 0.2) is 42.7 Å². The number of methoxy groups -OCH3 is 1. The van der Waals surface area contributed by atoms with Crippen LogP contribution in [0.3, 0.4) is 0 Å². The van der Waals surface area contributed by atoms with Gasteiger partial charge in [-0.2, -0.15) is 0 Å². The molecule has 0 bridgehead atoms. The van der Waals surface area contributed by atoms with E-state index in [-0.39, 0.29) is 29.9 Å². The molecule has 1 N–H and O–H groups in total. The fourth-order valence-corrected chi connectivity index (χ4v) is 4.07. The van der Waals surface area contributed by atoms with Crippen molar-refractivity contribution in [2.75, 3.05) is 39.2 Å². The van der Waals surface area contributed by atoms with E-state index in [2.05, 4.69) is 29.0 Å². The zero-order valence-corrected chi connectivity index (χ0v) is 20.1. The van der Waals surface area contributed by atoms with E-state index >= 15 is 0 Å². The van der Waals surface area contributed by atoms with Crippen LogP contribution in [0.2, 0.25) is 0 Å². The van der Waals surface area contributed by atoms with E-state index in [1.165, 1.54) is 12.5 Å². The van der Waals surface area contributed by atoms with Crippen LogP contribution in [0.5, 0.6) is 5.75 Å². The van der Waals surface area contributed by atoms with E-state index in [9.17, 15) is 9.59 Å². The van der Waals surface area contributed by atoms with E-state index in [0.29, 0.717) is 30.2 Å². The molecule has 2 heterocycles. The largest absolute Gasteiger partial charge is 0.491 e. The molecule has 1 aliphatic rings. The Kier molecular flexibility index (Phi) is 8.41. The molecule has 1 aromatic heterocycles. The van der Waals surface area contributed by atoms with Gasteiger partial charge >= 0.3 is 0 Å². The van der Waals surface area contributed by atoms with Crippen molar-refractivity contribution < 1.29 is 19.1 Å². The number of fused-ring (bicyclic) bond motifs is 1. The number of benzene rings is 1. The molecule has 0 unspecified atom stereocenters. The number of anilines is 1. The summed E-state index contributed by atoms with van der Waals surface area (Å²) in [5, 5.41) is 2.76. The molecule has 1 aromatic carbocycles. The van der Waals surface area contributed by atoms with Crippen LogP contribution in [0, 0.1) is 5.92 Å². The van der Waals surface area contributed by atoms with Crippen LogP contribution >= 0.6 is 0 Å². The zero-order valence-electron chi connectivity index (χ0n) is 20.1. The van der Waals surface area contributed by atoms with Crippen molar-refractivity contribution in [1.29, 1.82) is 0 Å². The predicted molar refractivity (Wildman–Crippen MR) is 127 cm³/mol. The monoisotopic (exact) mass is 454 g/mol. The molecule has 0 saturated heterocycles. The topological polar surface area (TPSA) is 84.0 Å². The van der Waals surface area contributed by atoms with E-state index < -0.39 is 0 Å². The highest BCUT2D eigenvalue weighted by atomic mass is 16.5. The molecule has 33 heavy (non-hydrogen) atoms. The second-order valence-corrected chi connectivity index (χ2v) is 8.77. The van der Waals surface area contributed by atoms with Crippen molar-refractivity contribution in [3.63, 3.8) is 0 Å². The predicted octanol–water partition coefficient (Wildman–Crippen LogP) is 3.05. The lowest BCUT2D eigenvalue weighted by Crippen LogP contribution is -2.46. The first kappa shape index (κ1) is 24.7. The maximum atomic E-state index is 13.2. The van der Waals surface area contributed by atoms with Gasteiger partial charge in [0.25, 0.3) is 5.91 Å². The number of carbonyl (C=O) groups excluding carboxylic acids is 2. The summed E-state index contributed by atoms with van der Waals surface area (Å²) in [6, 6.07) is 9.24. The Balaban J connectivity index is 1.94. The standard InChI is InChI=1S/C25H34N4O4/c1-17-13-29(14-20-8-10-26-11-9-20)18(2)16-33-23-12-21(27-19(3)30)6-7-22(23)25(31)28(4)15-24(17)32-5/h6-12,17-18,24H,13-16H2,1-5H3,(H,27,30)/t17-,18+,24+/m0/s1. The lowest BCUT2D eigenvalue weighted by molar-refractivity contribution is -0.114. The minimum absolute atomic E-state index is 0.0719. The molecule has 3 atom stereocenters. The number of rotatable bonds is 4. The average molecular weight is 455 g/mol. The van der Waals surface area contributed by atoms with Crippen molar-refractivity contribution >= 4 is 17.5 Å². The third-order valence-corrected chi connectivity index (χ3v) is 6.03. The van der Waals surface area contributed by atoms with Crippen molar-refractivity contribution in [3.8, 4) is 5.75 Å². The molecule has 2 aromatic rings. The second-order valence-electron chi connectivity index (χ2n) is 8.77. The van der Waals surface area contributed by atoms with Gasteiger partial charge < -0.3 is 19.7 Å². The van der Waals surface area contributed by atoms with Crippen LogP contribution in [0.1, 0.15) is 36.7 Å². The molecule has 0 radical (unpaired) electrons. The normalized spacial score (nSPS) is 22.5. The lowest BCUT2D eigenvalue weighted by Gasteiger charge is -2.36. The lowest BCUT2D eigenvalue weighted by atomic mass is 10.0. The summed E-state index contributed by atoms with van der Waals surface area (Å²) in [4.78, 5) is 32.9. The van der Waals surface area contributed by atoms with Gasteiger partial charge in [-0.1, -0.05) is 6.92 Å². The maximum Gasteiger partial charge on any atom is 0.257 e. The number of amides is 2. The highest BCUT2D eigenvalue weighted by molar-refractivity contribution is 5.98. The Labute approximate surface area is 195 Å². The molecule has 0 fully saturated rings. The molecule has 0 spiro atoms. The number of likely N-dealkylation sites (N-methyl/N-ethyl adjacent to an activating group) is 1. The number of hydrogen-bond acceptors (Lipinski definition) is 6. The van der Waals surface area contributed by atoms with Crippen molar-refractivity contribution in [2.24, 2.45) is 5.92 Å². The van der Waals surface area contributed by atoms with Gasteiger partial charge in [-0.25, -0.2) is 0 Å². The summed E-state index contributed by atoms with van der Waals surface area (Å²) >= 11 is 0. The number of pyridine rings is 1. The van der Waals surface area contributed by atoms with Crippen LogP contribution in [0.25, 0.3) is 0 Å². The second kappa shape index (κ2) is 11.2. The van der Waals surface area contributed by atoms with Gasteiger partial charge in [0.05, 0.1) is 11.7 Å². The first-order chi connectivity index (χ1) is 15.8. The van der Waals surface area contributed by atoms with Crippen molar-refractivity contribution in [3.05, 3.63) is 53.9 Å². The van der Waals surface area contributed by atoms with Crippen LogP contribution in [0.4, 0.5) is 5.69 Å². The van der Waals surface area contributed by atoms with Gasteiger partial charge in [-0.3, -0.25) is 19.5 Å². The maximum absolute atomic E-state index is 13.2. The van der Waals surface area contributed by atoms with Gasteiger partial charge in [0, 0.05) is 70.9 Å². The Morgan fingerprint density at radius 3 is 2.61 bits per heavy atom. The molecule has 0 aliphatic carbocycles. The van der Waals surface area contributed by atoms with Crippen molar-refractivity contribution in [1.82, 2.24) is 14.8 Å². The summed E-state index contributed by atoms with van der Waals surface area (Å²) in [6.45, 7) is 8.10. The summed E-state index contributed by atoms with van der Waals surface area (Å²) in [5.41, 5.74) is 2.22. The Bertz CT molecular complexity index is 953. The van der Waals surface area contributed by atoms with Gasteiger partial charge in [0.2, 0.25) is 5.91 Å². The fourth-order valence-electron chi connectivity index (χ4n) is 4.07. The van der Waals surface area contributed by atoms with Gasteiger partial charge in [-0.05, 0) is 42.7 Å². The highest BCUT2D eigenvalue weighted by Crippen LogP contribution is 2.27. The number of carbonyl (C=O) groups is 2. The van der Waals surface area contributed by atoms with Crippen LogP contribution in [-0.2, 0) is 16.1 Å². The summed E-state index contributed by atoms with van der Waals surface area (Å²) in [7, 11) is 3.47. The molecule has 8 nitrogen and oxygen atoms in total. The van der Waals surface area contributed by atoms with E-state index in [0.717, 1.165) is 13.1 Å². The Morgan fingerprint density at radius 1 is 1.21 bits per heavy atom.